The van der Waals surface area contributed by atoms with E-state index in [0.717, 1.165) is 19.3 Å². The van der Waals surface area contributed by atoms with Gasteiger partial charge in [-0.05, 0) is 42.5 Å². The van der Waals surface area contributed by atoms with Crippen LogP contribution in [0.25, 0.3) is 0 Å². The molecule has 5 heteroatoms. The van der Waals surface area contributed by atoms with Gasteiger partial charge in [0, 0.05) is 6.07 Å². The van der Waals surface area contributed by atoms with Crippen LogP contribution in [0.4, 0.5) is 10.5 Å². The number of nitrogens with one attached hydrogen (secondary N) is 2. The lowest BCUT2D eigenvalue weighted by atomic mass is 9.88. The quantitative estimate of drug-likeness (QED) is 0.896. The first kappa shape index (κ1) is 16.2. The van der Waals surface area contributed by atoms with Gasteiger partial charge >= 0.3 is 6.03 Å². The second kappa shape index (κ2) is 7.25. The van der Waals surface area contributed by atoms with E-state index in [-0.39, 0.29) is 12.1 Å². The molecule has 24 heavy (non-hydrogen) atoms. The van der Waals surface area contributed by atoms with Gasteiger partial charge in [-0.1, -0.05) is 24.3 Å². The molecule has 0 saturated carbocycles. The third-order valence-corrected chi connectivity index (χ3v) is 4.33. The molecule has 0 aromatic heterocycles. The highest BCUT2D eigenvalue weighted by molar-refractivity contribution is 5.91. The monoisotopic (exact) mass is 326 g/mol. The predicted molar refractivity (Wildman–Crippen MR) is 93.8 cm³/mol. The molecule has 2 amide bonds. The van der Waals surface area contributed by atoms with Gasteiger partial charge in [-0.3, -0.25) is 0 Å². The number of amides is 2. The Kier molecular flexibility index (Phi) is 4.89. The van der Waals surface area contributed by atoms with Crippen LogP contribution in [-0.4, -0.2) is 20.3 Å². The van der Waals surface area contributed by atoms with Gasteiger partial charge in [0.05, 0.1) is 25.9 Å². The van der Waals surface area contributed by atoms with Crippen molar-refractivity contribution in [1.82, 2.24) is 5.32 Å². The van der Waals surface area contributed by atoms with Gasteiger partial charge in [0.1, 0.15) is 11.5 Å². The number of benzene rings is 2. The van der Waals surface area contributed by atoms with Gasteiger partial charge in [0.15, 0.2) is 0 Å². The number of fused-ring (bicyclic) bond motifs is 1. The van der Waals surface area contributed by atoms with Crippen LogP contribution in [0.2, 0.25) is 0 Å². The standard InChI is InChI=1S/C19H22N2O3/c1-23-14-10-11-18(24-2)17(12-14)21-19(22)20-16-9-5-7-13-6-3-4-8-15(13)16/h3-4,6,8,10-12,16H,5,7,9H2,1-2H3,(H2,20,21,22)/t16-/m1/s1. The smallest absolute Gasteiger partial charge is 0.319 e. The molecule has 0 spiro atoms. The number of carbonyl (C=O) groups is 1. The molecule has 2 aromatic carbocycles. The molecular weight excluding hydrogens is 304 g/mol. The molecule has 5 nitrogen and oxygen atoms in total. The molecule has 2 N–H and O–H groups in total. The van der Waals surface area contributed by atoms with Crippen molar-refractivity contribution in [2.45, 2.75) is 25.3 Å². The summed E-state index contributed by atoms with van der Waals surface area (Å²) in [4.78, 5) is 12.4. The molecule has 0 saturated heterocycles. The molecular formula is C19H22N2O3. The maximum atomic E-state index is 12.4. The zero-order valence-corrected chi connectivity index (χ0v) is 14.0. The summed E-state index contributed by atoms with van der Waals surface area (Å²) < 4.78 is 10.5. The average molecular weight is 326 g/mol. The van der Waals surface area contributed by atoms with E-state index in [1.54, 1.807) is 32.4 Å². The van der Waals surface area contributed by atoms with Gasteiger partial charge in [0.25, 0.3) is 0 Å². The minimum Gasteiger partial charge on any atom is -0.497 e. The van der Waals surface area contributed by atoms with Crippen molar-refractivity contribution >= 4 is 11.7 Å². The van der Waals surface area contributed by atoms with Crippen molar-refractivity contribution in [1.29, 1.82) is 0 Å². The van der Waals surface area contributed by atoms with E-state index < -0.39 is 0 Å². The fourth-order valence-corrected chi connectivity index (χ4v) is 3.13. The normalized spacial score (nSPS) is 16.0. The summed E-state index contributed by atoms with van der Waals surface area (Å²) in [6.45, 7) is 0. The van der Waals surface area contributed by atoms with Crippen LogP contribution in [0, 0.1) is 0 Å². The first-order valence-electron chi connectivity index (χ1n) is 8.08. The molecule has 1 aliphatic rings. The Bertz CT molecular complexity index is 730. The molecule has 0 fully saturated rings. The number of anilines is 1. The number of hydrogen-bond donors (Lipinski definition) is 2. The van der Waals surface area contributed by atoms with E-state index in [0.29, 0.717) is 17.2 Å². The van der Waals surface area contributed by atoms with Crippen molar-refractivity contribution < 1.29 is 14.3 Å². The Morgan fingerprint density at radius 1 is 1.12 bits per heavy atom. The van der Waals surface area contributed by atoms with E-state index in [1.807, 2.05) is 12.1 Å². The SMILES string of the molecule is COc1ccc(OC)c(NC(=O)N[C@@H]2CCCc3ccccc32)c1. The van der Waals surface area contributed by atoms with Crippen LogP contribution in [0.5, 0.6) is 11.5 Å². The lowest BCUT2D eigenvalue weighted by molar-refractivity contribution is 0.247. The highest BCUT2D eigenvalue weighted by Gasteiger charge is 2.21. The third kappa shape index (κ3) is 3.45. The molecule has 0 unspecified atom stereocenters. The number of rotatable bonds is 4. The van der Waals surface area contributed by atoms with Crippen LogP contribution >= 0.6 is 0 Å². The lowest BCUT2D eigenvalue weighted by Gasteiger charge is -2.26. The minimum atomic E-state index is -0.247. The third-order valence-electron chi connectivity index (χ3n) is 4.33. The largest absolute Gasteiger partial charge is 0.497 e. The fourth-order valence-electron chi connectivity index (χ4n) is 3.13. The lowest BCUT2D eigenvalue weighted by Crippen LogP contribution is -2.34. The minimum absolute atomic E-state index is 0.0338. The van der Waals surface area contributed by atoms with Gasteiger partial charge in [-0.2, -0.15) is 0 Å². The first-order valence-corrected chi connectivity index (χ1v) is 8.08. The number of methoxy groups -OCH3 is 2. The van der Waals surface area contributed by atoms with E-state index >= 15 is 0 Å². The van der Waals surface area contributed by atoms with Crippen molar-refractivity contribution in [3.05, 3.63) is 53.6 Å². The Morgan fingerprint density at radius 2 is 1.96 bits per heavy atom. The van der Waals surface area contributed by atoms with Gasteiger partial charge < -0.3 is 20.1 Å². The van der Waals surface area contributed by atoms with Gasteiger partial charge in [-0.15, -0.1) is 0 Å². The molecule has 0 radical (unpaired) electrons. The predicted octanol–water partition coefficient (Wildman–Crippen LogP) is 3.90. The summed E-state index contributed by atoms with van der Waals surface area (Å²) in [5.41, 5.74) is 3.10. The second-order valence-corrected chi connectivity index (χ2v) is 5.81. The Hall–Kier alpha value is -2.69. The zero-order chi connectivity index (χ0) is 16.9. The average Bonchev–Trinajstić information content (AvgIpc) is 2.62. The van der Waals surface area contributed by atoms with Crippen LogP contribution in [0.3, 0.4) is 0 Å². The Labute approximate surface area is 142 Å². The van der Waals surface area contributed by atoms with Crippen LogP contribution in [0.1, 0.15) is 30.0 Å². The maximum Gasteiger partial charge on any atom is 0.319 e. The summed E-state index contributed by atoms with van der Waals surface area (Å²) in [6, 6.07) is 13.4. The number of hydrogen-bond acceptors (Lipinski definition) is 3. The summed E-state index contributed by atoms with van der Waals surface area (Å²) in [5, 5.41) is 5.93. The Morgan fingerprint density at radius 3 is 2.75 bits per heavy atom. The van der Waals surface area contributed by atoms with Crippen LogP contribution < -0.4 is 20.1 Å². The number of ether oxygens (including phenoxy) is 2. The number of carbonyl (C=O) groups excluding carboxylic acids is 1. The highest BCUT2D eigenvalue weighted by Crippen LogP contribution is 2.31. The molecule has 1 aliphatic carbocycles. The van der Waals surface area contributed by atoms with E-state index in [2.05, 4.69) is 22.8 Å². The zero-order valence-electron chi connectivity index (χ0n) is 14.0. The molecule has 1 atom stereocenters. The molecule has 2 aromatic rings. The maximum absolute atomic E-state index is 12.4. The van der Waals surface area contributed by atoms with E-state index in [4.69, 9.17) is 9.47 Å². The number of urea groups is 1. The van der Waals surface area contributed by atoms with Crippen LogP contribution in [0.15, 0.2) is 42.5 Å². The van der Waals surface area contributed by atoms with Gasteiger partial charge in [0.2, 0.25) is 0 Å². The van der Waals surface area contributed by atoms with Crippen molar-refractivity contribution in [2.24, 2.45) is 0 Å². The summed E-state index contributed by atoms with van der Waals surface area (Å²) in [5.74, 6) is 1.25. The first-order chi connectivity index (χ1) is 11.7. The molecule has 0 heterocycles. The second-order valence-electron chi connectivity index (χ2n) is 5.81. The van der Waals surface area contributed by atoms with Crippen molar-refractivity contribution in [3.8, 4) is 11.5 Å². The van der Waals surface area contributed by atoms with Crippen LogP contribution in [-0.2, 0) is 6.42 Å². The summed E-state index contributed by atoms with van der Waals surface area (Å²) in [7, 11) is 3.16. The number of aryl methyl sites for hydroxylation is 1. The topological polar surface area (TPSA) is 59.6 Å². The molecule has 3 rings (SSSR count). The van der Waals surface area contributed by atoms with E-state index in [1.165, 1.54) is 11.1 Å². The molecule has 0 bridgehead atoms. The fraction of sp³-hybridized carbons (Fsp3) is 0.316. The van der Waals surface area contributed by atoms with Crippen molar-refractivity contribution in [2.75, 3.05) is 19.5 Å². The van der Waals surface area contributed by atoms with Gasteiger partial charge in [-0.25, -0.2) is 4.79 Å². The van der Waals surface area contributed by atoms with E-state index in [9.17, 15) is 4.79 Å². The molecule has 0 aliphatic heterocycles. The molecule has 126 valence electrons. The Balaban J connectivity index is 1.73. The summed E-state index contributed by atoms with van der Waals surface area (Å²) in [6.07, 6.45) is 3.09. The highest BCUT2D eigenvalue weighted by atomic mass is 16.5. The van der Waals surface area contributed by atoms with Crippen molar-refractivity contribution in [3.63, 3.8) is 0 Å². The summed E-state index contributed by atoms with van der Waals surface area (Å²) >= 11 is 0.